The number of nitrogens with zero attached hydrogens (tertiary/aromatic N) is 5. The average Bonchev–Trinajstić information content (AvgIpc) is 3.18. The molecule has 0 aliphatic carbocycles. The number of fused-ring (bicyclic) bond motifs is 3. The number of halogens is 1. The third-order valence-electron chi connectivity index (χ3n) is 7.03. The summed E-state index contributed by atoms with van der Waals surface area (Å²) in [7, 11) is 1.80. The number of aliphatic hydroxyl groups excluding tert-OH is 1. The molecule has 1 aromatic carbocycles. The molecule has 1 atom stereocenters. The van der Waals surface area contributed by atoms with Gasteiger partial charge >= 0.3 is 0 Å². The molecule has 36 heavy (non-hydrogen) atoms. The van der Waals surface area contributed by atoms with Crippen molar-refractivity contribution in [2.75, 3.05) is 30.8 Å². The molecular weight excluding hydrogens is 461 g/mol. The number of hydrogen-bond donors (Lipinski definition) is 3. The Hall–Kier alpha value is -4.05. The zero-order valence-electron chi connectivity index (χ0n) is 20.0. The van der Waals surface area contributed by atoms with Gasteiger partial charge in [-0.25, -0.2) is 9.37 Å². The van der Waals surface area contributed by atoms with Gasteiger partial charge in [-0.05, 0) is 42.5 Å². The predicted octanol–water partition coefficient (Wildman–Crippen LogP) is 3.55. The molecule has 0 spiro atoms. The lowest BCUT2D eigenvalue weighted by atomic mass is 9.95. The standard InChI is InChI=1S/C26H26FN7O2/c1-14-19(12-30-26-21(35)3-5-28-25(14)26)18-7-15-9-22(29-11-16(15)8-20(18)27)31-23-10-17-4-6-33(2)24(36)13-34(17)32-23/h7-12,21,28,35H,3-6,13H2,1-2H3,(H,29,31,32)/t21-/m1/s1. The smallest absolute Gasteiger partial charge is 0.244 e. The second-order valence-electron chi connectivity index (χ2n) is 9.41. The Kier molecular flexibility index (Phi) is 5.33. The third kappa shape index (κ3) is 3.83. The van der Waals surface area contributed by atoms with Crippen LogP contribution in [0.15, 0.2) is 36.7 Å². The molecule has 2 aliphatic rings. The van der Waals surface area contributed by atoms with E-state index in [9.17, 15) is 9.90 Å². The van der Waals surface area contributed by atoms with Crippen LogP contribution >= 0.6 is 0 Å². The maximum Gasteiger partial charge on any atom is 0.244 e. The van der Waals surface area contributed by atoms with Gasteiger partial charge in [-0.3, -0.25) is 14.5 Å². The Bertz CT molecular complexity index is 1520. The average molecular weight is 488 g/mol. The second-order valence-corrected chi connectivity index (χ2v) is 9.41. The van der Waals surface area contributed by atoms with Crippen molar-refractivity contribution in [3.8, 4) is 11.1 Å². The molecule has 10 heteroatoms. The van der Waals surface area contributed by atoms with Gasteiger partial charge in [0.1, 0.15) is 18.2 Å². The number of hydrogen-bond acceptors (Lipinski definition) is 7. The maximum atomic E-state index is 15.2. The molecule has 6 rings (SSSR count). The summed E-state index contributed by atoms with van der Waals surface area (Å²) in [6, 6.07) is 7.05. The molecule has 0 saturated carbocycles. The molecule has 2 aliphatic heterocycles. The Morgan fingerprint density at radius 2 is 1.97 bits per heavy atom. The number of aliphatic hydroxyl groups is 1. The summed E-state index contributed by atoms with van der Waals surface area (Å²) in [5, 5.41) is 22.8. The zero-order chi connectivity index (χ0) is 25.0. The van der Waals surface area contributed by atoms with Crippen LogP contribution in [-0.4, -0.2) is 55.8 Å². The Balaban J connectivity index is 1.34. The fourth-order valence-electron chi connectivity index (χ4n) is 4.92. The van der Waals surface area contributed by atoms with Gasteiger partial charge in [-0.2, -0.15) is 5.10 Å². The van der Waals surface area contributed by atoms with Gasteiger partial charge in [0.2, 0.25) is 5.91 Å². The minimum Gasteiger partial charge on any atom is -0.387 e. The van der Waals surface area contributed by atoms with Crippen molar-refractivity contribution in [1.29, 1.82) is 0 Å². The molecule has 9 nitrogen and oxygen atoms in total. The molecule has 3 N–H and O–H groups in total. The van der Waals surface area contributed by atoms with E-state index in [1.54, 1.807) is 35.1 Å². The monoisotopic (exact) mass is 487 g/mol. The second kappa shape index (κ2) is 8.56. The van der Waals surface area contributed by atoms with E-state index < -0.39 is 6.10 Å². The number of carbonyl (C=O) groups excluding carboxylic acids is 1. The van der Waals surface area contributed by atoms with E-state index in [1.807, 2.05) is 19.1 Å². The van der Waals surface area contributed by atoms with Crippen molar-refractivity contribution < 1.29 is 14.3 Å². The molecular formula is C26H26FN7O2. The molecule has 0 saturated heterocycles. The number of nitrogens with one attached hydrogen (secondary N) is 2. The normalized spacial score (nSPS) is 17.4. The number of anilines is 3. The number of aromatic nitrogens is 4. The van der Waals surface area contributed by atoms with E-state index in [0.29, 0.717) is 53.4 Å². The fourth-order valence-corrected chi connectivity index (χ4v) is 4.92. The number of rotatable bonds is 3. The molecule has 0 bridgehead atoms. The quantitative estimate of drug-likeness (QED) is 0.406. The van der Waals surface area contributed by atoms with Gasteiger partial charge < -0.3 is 20.6 Å². The van der Waals surface area contributed by atoms with Crippen molar-refractivity contribution in [3.05, 3.63) is 59.4 Å². The minimum absolute atomic E-state index is 0.0263. The van der Waals surface area contributed by atoms with Crippen LogP contribution in [0.3, 0.4) is 0 Å². The van der Waals surface area contributed by atoms with Crippen LogP contribution in [0.4, 0.5) is 21.7 Å². The SMILES string of the molecule is Cc1c(-c2cc3cc(Nc4cc5n(n4)CC(=O)N(C)CC5)ncc3cc2F)cnc2c1NCC[C@H]2O. The highest BCUT2D eigenvalue weighted by Gasteiger charge is 2.24. The summed E-state index contributed by atoms with van der Waals surface area (Å²) >= 11 is 0. The van der Waals surface area contributed by atoms with Crippen molar-refractivity contribution in [2.24, 2.45) is 0 Å². The molecule has 184 valence electrons. The lowest BCUT2D eigenvalue weighted by molar-refractivity contribution is -0.130. The summed E-state index contributed by atoms with van der Waals surface area (Å²) in [6.45, 7) is 3.41. The number of amides is 1. The first-order valence-corrected chi connectivity index (χ1v) is 12.0. The number of benzene rings is 1. The zero-order valence-corrected chi connectivity index (χ0v) is 20.0. The van der Waals surface area contributed by atoms with Crippen LogP contribution in [0, 0.1) is 12.7 Å². The predicted molar refractivity (Wildman–Crippen MR) is 135 cm³/mol. The number of carbonyl (C=O) groups is 1. The Labute approximate surface area is 207 Å². The molecule has 0 fully saturated rings. The summed E-state index contributed by atoms with van der Waals surface area (Å²) < 4.78 is 16.9. The van der Waals surface area contributed by atoms with Crippen LogP contribution in [0.1, 0.15) is 29.5 Å². The van der Waals surface area contributed by atoms with Crippen LogP contribution in [-0.2, 0) is 17.8 Å². The maximum absolute atomic E-state index is 15.2. The van der Waals surface area contributed by atoms with Crippen LogP contribution in [0.2, 0.25) is 0 Å². The first-order valence-electron chi connectivity index (χ1n) is 12.0. The van der Waals surface area contributed by atoms with Gasteiger partial charge in [0.15, 0.2) is 5.82 Å². The number of pyridine rings is 2. The van der Waals surface area contributed by atoms with E-state index >= 15 is 4.39 Å². The molecule has 3 aromatic heterocycles. The van der Waals surface area contributed by atoms with E-state index in [4.69, 9.17) is 0 Å². The molecule has 1 amide bonds. The lowest BCUT2D eigenvalue weighted by Crippen LogP contribution is -2.29. The van der Waals surface area contributed by atoms with E-state index in [0.717, 1.165) is 28.8 Å². The fraction of sp³-hybridized carbons (Fsp3) is 0.308. The van der Waals surface area contributed by atoms with Crippen LogP contribution in [0.5, 0.6) is 0 Å². The van der Waals surface area contributed by atoms with Crippen LogP contribution < -0.4 is 10.6 Å². The summed E-state index contributed by atoms with van der Waals surface area (Å²) in [6.07, 6.45) is 3.96. The van der Waals surface area contributed by atoms with Crippen LogP contribution in [0.25, 0.3) is 21.9 Å². The van der Waals surface area contributed by atoms with Crippen molar-refractivity contribution in [1.82, 2.24) is 24.6 Å². The molecule has 0 radical (unpaired) electrons. The molecule has 0 unspecified atom stereocenters. The van der Waals surface area contributed by atoms with Gasteiger partial charge in [0.25, 0.3) is 0 Å². The molecule has 5 heterocycles. The lowest BCUT2D eigenvalue weighted by Gasteiger charge is -2.25. The highest BCUT2D eigenvalue weighted by molar-refractivity contribution is 5.90. The van der Waals surface area contributed by atoms with E-state index in [-0.39, 0.29) is 18.3 Å². The third-order valence-corrected chi connectivity index (χ3v) is 7.03. The van der Waals surface area contributed by atoms with Crippen molar-refractivity contribution in [3.63, 3.8) is 0 Å². The van der Waals surface area contributed by atoms with E-state index in [2.05, 4.69) is 25.7 Å². The first-order chi connectivity index (χ1) is 17.4. The summed E-state index contributed by atoms with van der Waals surface area (Å²) in [4.78, 5) is 22.7. The van der Waals surface area contributed by atoms with Crippen molar-refractivity contribution in [2.45, 2.75) is 32.4 Å². The van der Waals surface area contributed by atoms with E-state index in [1.165, 1.54) is 6.07 Å². The Morgan fingerprint density at radius 1 is 1.11 bits per heavy atom. The Morgan fingerprint density at radius 3 is 2.83 bits per heavy atom. The number of likely N-dealkylation sites (N-methyl/N-ethyl adjacent to an activating group) is 1. The van der Waals surface area contributed by atoms with Gasteiger partial charge in [-0.15, -0.1) is 0 Å². The highest BCUT2D eigenvalue weighted by Crippen LogP contribution is 2.38. The van der Waals surface area contributed by atoms with Crippen molar-refractivity contribution >= 4 is 34.0 Å². The largest absolute Gasteiger partial charge is 0.387 e. The summed E-state index contributed by atoms with van der Waals surface area (Å²) in [5.41, 5.74) is 4.32. The topological polar surface area (TPSA) is 108 Å². The van der Waals surface area contributed by atoms with Gasteiger partial charge in [0.05, 0.1) is 17.5 Å². The first kappa shape index (κ1) is 22.4. The van der Waals surface area contributed by atoms with Gasteiger partial charge in [0, 0.05) is 67.2 Å². The van der Waals surface area contributed by atoms with Gasteiger partial charge in [-0.1, -0.05) is 0 Å². The minimum atomic E-state index is -0.618. The highest BCUT2D eigenvalue weighted by atomic mass is 19.1. The molecule has 4 aromatic rings. The summed E-state index contributed by atoms with van der Waals surface area (Å²) in [5.74, 6) is 0.842.